The van der Waals surface area contributed by atoms with Gasteiger partial charge in [0.05, 0.1) is 28.6 Å². The molecule has 1 rings (SSSR count). The van der Waals surface area contributed by atoms with Crippen molar-refractivity contribution in [1.29, 1.82) is 0 Å². The smallest absolute Gasteiger partial charge is 0.232 e. The normalized spacial score (nSPS) is 11.3. The minimum atomic E-state index is -3.54. The Labute approximate surface area is 140 Å². The third-order valence-electron chi connectivity index (χ3n) is 2.76. The molecule has 0 radical (unpaired) electrons. The Morgan fingerprint density at radius 2 is 2.00 bits per heavy atom. The molecule has 0 aromatic heterocycles. The number of carbonyl (C=O) groups is 1. The first-order valence-corrected chi connectivity index (χ1v) is 9.04. The van der Waals surface area contributed by atoms with E-state index >= 15 is 0 Å². The minimum absolute atomic E-state index is 0.00953. The predicted octanol–water partition coefficient (Wildman–Crippen LogP) is 1.91. The summed E-state index contributed by atoms with van der Waals surface area (Å²) in [6, 6.07) is 4.50. The highest BCUT2D eigenvalue weighted by atomic mass is 35.5. The fourth-order valence-electron chi connectivity index (χ4n) is 1.71. The van der Waals surface area contributed by atoms with E-state index in [1.807, 2.05) is 0 Å². The second-order valence-electron chi connectivity index (χ2n) is 4.53. The Morgan fingerprint density at radius 3 is 2.55 bits per heavy atom. The van der Waals surface area contributed by atoms with Crippen LogP contribution >= 0.6 is 23.2 Å². The van der Waals surface area contributed by atoms with Gasteiger partial charge in [0, 0.05) is 26.6 Å². The number of nitrogens with zero attached hydrogens (tertiary/aromatic N) is 1. The van der Waals surface area contributed by atoms with Gasteiger partial charge >= 0.3 is 0 Å². The molecule has 1 N–H and O–H groups in total. The van der Waals surface area contributed by atoms with Crippen molar-refractivity contribution in [3.05, 3.63) is 28.2 Å². The van der Waals surface area contributed by atoms with Gasteiger partial charge in [-0.1, -0.05) is 23.2 Å². The van der Waals surface area contributed by atoms with Gasteiger partial charge in [-0.05, 0) is 18.2 Å². The number of anilines is 1. The van der Waals surface area contributed by atoms with Crippen molar-refractivity contribution >= 4 is 44.8 Å². The summed E-state index contributed by atoms with van der Waals surface area (Å²) in [5.74, 6) is -0.259. The average molecular weight is 369 g/mol. The molecule has 0 fully saturated rings. The number of amides is 1. The van der Waals surface area contributed by atoms with Crippen LogP contribution < -0.4 is 9.62 Å². The number of carbonyl (C=O) groups excluding carboxylic acids is 1. The van der Waals surface area contributed by atoms with E-state index in [0.29, 0.717) is 23.9 Å². The molecule has 0 spiro atoms. The first-order valence-electron chi connectivity index (χ1n) is 6.44. The van der Waals surface area contributed by atoms with Crippen molar-refractivity contribution in [2.75, 3.05) is 37.4 Å². The Kier molecular flexibility index (Phi) is 7.41. The van der Waals surface area contributed by atoms with Crippen molar-refractivity contribution in [2.45, 2.75) is 6.42 Å². The molecule has 0 heterocycles. The molecule has 1 aromatic carbocycles. The fraction of sp³-hybridized carbons (Fsp3) is 0.462. The van der Waals surface area contributed by atoms with Crippen LogP contribution in [0.1, 0.15) is 6.42 Å². The Balaban J connectivity index is 2.78. The zero-order valence-electron chi connectivity index (χ0n) is 12.3. The van der Waals surface area contributed by atoms with Crippen molar-refractivity contribution in [1.82, 2.24) is 5.32 Å². The zero-order chi connectivity index (χ0) is 16.8. The van der Waals surface area contributed by atoms with E-state index < -0.39 is 10.0 Å². The first-order chi connectivity index (χ1) is 10.3. The third-order valence-corrected chi connectivity index (χ3v) is 4.69. The minimum Gasteiger partial charge on any atom is -0.383 e. The molecule has 0 aliphatic rings. The van der Waals surface area contributed by atoms with Gasteiger partial charge in [-0.2, -0.15) is 0 Å². The van der Waals surface area contributed by atoms with Crippen LogP contribution in [0.25, 0.3) is 0 Å². The highest BCUT2D eigenvalue weighted by Gasteiger charge is 2.19. The Bertz CT molecular complexity index is 622. The topological polar surface area (TPSA) is 75.7 Å². The molecule has 1 aromatic rings. The van der Waals surface area contributed by atoms with Gasteiger partial charge in [-0.15, -0.1) is 0 Å². The van der Waals surface area contributed by atoms with E-state index in [-0.39, 0.29) is 23.9 Å². The summed E-state index contributed by atoms with van der Waals surface area (Å²) in [4.78, 5) is 11.7. The predicted molar refractivity (Wildman–Crippen MR) is 88.2 cm³/mol. The number of rotatable bonds is 8. The maximum Gasteiger partial charge on any atom is 0.232 e. The third kappa shape index (κ3) is 6.00. The highest BCUT2D eigenvalue weighted by molar-refractivity contribution is 7.92. The fourth-order valence-corrected chi connectivity index (χ4v) is 2.92. The number of sulfonamides is 1. The molecule has 1 amide bonds. The van der Waals surface area contributed by atoms with Crippen LogP contribution in [-0.2, 0) is 19.6 Å². The van der Waals surface area contributed by atoms with Crippen LogP contribution in [0.2, 0.25) is 10.0 Å². The van der Waals surface area contributed by atoms with Gasteiger partial charge in [0.25, 0.3) is 0 Å². The largest absolute Gasteiger partial charge is 0.383 e. The second kappa shape index (κ2) is 8.57. The van der Waals surface area contributed by atoms with Crippen molar-refractivity contribution in [3.8, 4) is 0 Å². The summed E-state index contributed by atoms with van der Waals surface area (Å²) >= 11 is 11.7. The van der Waals surface area contributed by atoms with Crippen LogP contribution in [0.4, 0.5) is 5.69 Å². The van der Waals surface area contributed by atoms with Crippen LogP contribution in [0.3, 0.4) is 0 Å². The molecule has 0 aliphatic carbocycles. The molecule has 0 unspecified atom stereocenters. The molecule has 0 saturated heterocycles. The van der Waals surface area contributed by atoms with E-state index in [9.17, 15) is 13.2 Å². The number of methoxy groups -OCH3 is 1. The lowest BCUT2D eigenvalue weighted by molar-refractivity contribution is -0.121. The van der Waals surface area contributed by atoms with Crippen molar-refractivity contribution in [2.24, 2.45) is 0 Å². The van der Waals surface area contributed by atoms with Crippen LogP contribution in [-0.4, -0.2) is 47.4 Å². The Morgan fingerprint density at radius 1 is 1.32 bits per heavy atom. The molecule has 0 atom stereocenters. The summed E-state index contributed by atoms with van der Waals surface area (Å²) in [5.41, 5.74) is 0.363. The number of hydrogen-bond acceptors (Lipinski definition) is 4. The molecule has 0 saturated carbocycles. The molecule has 22 heavy (non-hydrogen) atoms. The molecule has 124 valence electrons. The van der Waals surface area contributed by atoms with Gasteiger partial charge in [0.1, 0.15) is 0 Å². The van der Waals surface area contributed by atoms with Crippen LogP contribution in [0.15, 0.2) is 18.2 Å². The van der Waals surface area contributed by atoms with Crippen molar-refractivity contribution in [3.63, 3.8) is 0 Å². The second-order valence-corrected chi connectivity index (χ2v) is 7.25. The Hall–Kier alpha value is -1.02. The van der Waals surface area contributed by atoms with E-state index in [1.54, 1.807) is 0 Å². The molecular formula is C13H18Cl2N2O4S. The number of hydrogen-bond donors (Lipinski definition) is 1. The lowest BCUT2D eigenvalue weighted by Crippen LogP contribution is -2.35. The number of nitrogens with one attached hydrogen (secondary N) is 1. The molecule has 0 aliphatic heterocycles. The van der Waals surface area contributed by atoms with E-state index in [4.69, 9.17) is 27.9 Å². The van der Waals surface area contributed by atoms with E-state index in [0.717, 1.165) is 10.6 Å². The maximum absolute atomic E-state index is 11.9. The van der Waals surface area contributed by atoms with Gasteiger partial charge in [0.15, 0.2) is 0 Å². The SMILES string of the molecule is COCCNC(=O)CCN(c1ccc(Cl)c(Cl)c1)S(C)(=O)=O. The van der Waals surface area contributed by atoms with E-state index in [1.165, 1.54) is 25.3 Å². The summed E-state index contributed by atoms with van der Waals surface area (Å²) in [6.45, 7) is 0.783. The number of halogens is 2. The number of benzene rings is 1. The highest BCUT2D eigenvalue weighted by Crippen LogP contribution is 2.28. The molecule has 9 heteroatoms. The maximum atomic E-state index is 11.9. The van der Waals surface area contributed by atoms with Gasteiger partial charge < -0.3 is 10.1 Å². The lowest BCUT2D eigenvalue weighted by atomic mass is 10.3. The van der Waals surface area contributed by atoms with Crippen LogP contribution in [0, 0.1) is 0 Å². The van der Waals surface area contributed by atoms with Gasteiger partial charge in [0.2, 0.25) is 15.9 Å². The van der Waals surface area contributed by atoms with Gasteiger partial charge in [-0.25, -0.2) is 8.42 Å². The molecular weight excluding hydrogens is 351 g/mol. The lowest BCUT2D eigenvalue weighted by Gasteiger charge is -2.22. The first kappa shape index (κ1) is 19.0. The standard InChI is InChI=1S/C13H18Cl2N2O4S/c1-21-8-6-16-13(18)5-7-17(22(2,19)20)10-3-4-11(14)12(15)9-10/h3-4,9H,5-8H2,1-2H3,(H,16,18). The van der Waals surface area contributed by atoms with Gasteiger partial charge in [-0.3, -0.25) is 9.10 Å². The monoisotopic (exact) mass is 368 g/mol. The summed E-state index contributed by atoms with van der Waals surface area (Å²) in [6.07, 6.45) is 1.09. The van der Waals surface area contributed by atoms with Crippen molar-refractivity contribution < 1.29 is 17.9 Å². The quantitative estimate of drug-likeness (QED) is 0.711. The summed E-state index contributed by atoms with van der Waals surface area (Å²) in [5, 5.41) is 3.21. The summed E-state index contributed by atoms with van der Waals surface area (Å²) < 4.78 is 29.7. The van der Waals surface area contributed by atoms with E-state index in [2.05, 4.69) is 5.32 Å². The molecule has 0 bridgehead atoms. The van der Waals surface area contributed by atoms with Crippen LogP contribution in [0.5, 0.6) is 0 Å². The molecule has 6 nitrogen and oxygen atoms in total. The zero-order valence-corrected chi connectivity index (χ0v) is 14.6. The summed E-state index contributed by atoms with van der Waals surface area (Å²) in [7, 11) is -2.01. The average Bonchev–Trinajstić information content (AvgIpc) is 2.41. The number of ether oxygens (including phenoxy) is 1.